The van der Waals surface area contributed by atoms with E-state index >= 15 is 0 Å². The predicted octanol–water partition coefficient (Wildman–Crippen LogP) is 2.29. The first-order valence-corrected chi connectivity index (χ1v) is 6.18. The van der Waals surface area contributed by atoms with Crippen LogP contribution in [0.25, 0.3) is 0 Å². The smallest absolute Gasteiger partial charge is 0.330 e. The molecule has 2 unspecified atom stereocenters. The van der Waals surface area contributed by atoms with E-state index in [1.807, 2.05) is 0 Å². The van der Waals surface area contributed by atoms with Crippen molar-refractivity contribution < 1.29 is 14.6 Å². The molecule has 16 heavy (non-hydrogen) atoms. The summed E-state index contributed by atoms with van der Waals surface area (Å²) in [5.74, 6) is 0.884. The Kier molecular flexibility index (Phi) is 6.16. The molecule has 1 rings (SSSR count). The Balaban J connectivity index is 2.26. The molecule has 0 aromatic rings. The van der Waals surface area contributed by atoms with Gasteiger partial charge in [-0.15, -0.1) is 0 Å². The third kappa shape index (κ3) is 4.35. The molecule has 0 aliphatic heterocycles. The Morgan fingerprint density at radius 1 is 1.31 bits per heavy atom. The molecule has 1 saturated carbocycles. The molecule has 0 bridgehead atoms. The fraction of sp³-hybridized carbons (Fsp3) is 0.769. The van der Waals surface area contributed by atoms with Crippen molar-refractivity contribution >= 4 is 5.97 Å². The first kappa shape index (κ1) is 13.2. The summed E-state index contributed by atoms with van der Waals surface area (Å²) in [6.07, 6.45) is 7.96. The summed E-state index contributed by atoms with van der Waals surface area (Å²) in [6.45, 7) is 4.12. The number of hydrogen-bond acceptors (Lipinski definition) is 3. The zero-order valence-corrected chi connectivity index (χ0v) is 9.86. The number of aliphatic hydroxyl groups is 1. The van der Waals surface area contributed by atoms with E-state index in [1.54, 1.807) is 0 Å². The van der Waals surface area contributed by atoms with Crippen LogP contribution in [-0.2, 0) is 9.53 Å². The maximum absolute atomic E-state index is 10.9. The average Bonchev–Trinajstić information content (AvgIpc) is 2.31. The summed E-state index contributed by atoms with van der Waals surface area (Å²) in [7, 11) is 0. The van der Waals surface area contributed by atoms with Crippen LogP contribution in [0.15, 0.2) is 12.7 Å². The van der Waals surface area contributed by atoms with E-state index in [-0.39, 0.29) is 12.6 Å². The zero-order valence-electron chi connectivity index (χ0n) is 9.86. The van der Waals surface area contributed by atoms with E-state index in [2.05, 4.69) is 6.58 Å². The standard InChI is InChI=1S/C13H22O3/c1-2-13(15)16-10-8-12-6-4-3-5-11(12)7-9-14/h2,11-12,14H,1,3-10H2. The van der Waals surface area contributed by atoms with Gasteiger partial charge in [-0.05, 0) is 24.7 Å². The van der Waals surface area contributed by atoms with Crippen molar-refractivity contribution in [1.82, 2.24) is 0 Å². The highest BCUT2D eigenvalue weighted by atomic mass is 16.5. The van der Waals surface area contributed by atoms with Crippen LogP contribution in [0.1, 0.15) is 38.5 Å². The molecule has 0 spiro atoms. The van der Waals surface area contributed by atoms with Crippen LogP contribution in [-0.4, -0.2) is 24.3 Å². The van der Waals surface area contributed by atoms with Gasteiger partial charge >= 0.3 is 5.97 Å². The van der Waals surface area contributed by atoms with Crippen LogP contribution in [0.5, 0.6) is 0 Å². The summed E-state index contributed by atoms with van der Waals surface area (Å²) in [5.41, 5.74) is 0. The minimum atomic E-state index is -0.338. The van der Waals surface area contributed by atoms with Crippen LogP contribution >= 0.6 is 0 Å². The summed E-state index contributed by atoms with van der Waals surface area (Å²) in [4.78, 5) is 10.9. The molecule has 0 aromatic heterocycles. The lowest BCUT2D eigenvalue weighted by Gasteiger charge is -2.31. The Bertz CT molecular complexity index is 223. The SMILES string of the molecule is C=CC(=O)OCCC1CCCCC1CCO. The molecule has 0 saturated heterocycles. The highest BCUT2D eigenvalue weighted by Crippen LogP contribution is 2.34. The third-order valence-electron chi connectivity index (χ3n) is 3.47. The third-order valence-corrected chi connectivity index (χ3v) is 3.47. The van der Waals surface area contributed by atoms with Crippen LogP contribution in [0, 0.1) is 11.8 Å². The van der Waals surface area contributed by atoms with E-state index in [0.29, 0.717) is 18.4 Å². The van der Waals surface area contributed by atoms with Crippen molar-refractivity contribution in [3.8, 4) is 0 Å². The lowest BCUT2D eigenvalue weighted by molar-refractivity contribution is -0.138. The Labute approximate surface area is 97.5 Å². The largest absolute Gasteiger partial charge is 0.463 e. The van der Waals surface area contributed by atoms with Gasteiger partial charge in [-0.2, -0.15) is 0 Å². The van der Waals surface area contributed by atoms with Gasteiger partial charge in [0.1, 0.15) is 0 Å². The number of rotatable bonds is 6. The van der Waals surface area contributed by atoms with Crippen molar-refractivity contribution in [2.45, 2.75) is 38.5 Å². The van der Waals surface area contributed by atoms with Gasteiger partial charge in [0.05, 0.1) is 6.61 Å². The number of esters is 1. The van der Waals surface area contributed by atoms with E-state index in [1.165, 1.54) is 31.8 Å². The van der Waals surface area contributed by atoms with Crippen molar-refractivity contribution in [3.05, 3.63) is 12.7 Å². The highest BCUT2D eigenvalue weighted by Gasteiger charge is 2.24. The van der Waals surface area contributed by atoms with E-state index in [9.17, 15) is 4.79 Å². The molecule has 1 fully saturated rings. The fourth-order valence-corrected chi connectivity index (χ4v) is 2.58. The van der Waals surface area contributed by atoms with E-state index in [4.69, 9.17) is 9.84 Å². The minimum Gasteiger partial charge on any atom is -0.463 e. The molecule has 1 aliphatic rings. The molecule has 1 N–H and O–H groups in total. The lowest BCUT2D eigenvalue weighted by Crippen LogP contribution is -2.22. The lowest BCUT2D eigenvalue weighted by atomic mass is 9.76. The quantitative estimate of drug-likeness (QED) is 0.558. The second-order valence-electron chi connectivity index (χ2n) is 4.48. The average molecular weight is 226 g/mol. The van der Waals surface area contributed by atoms with Gasteiger partial charge in [0.25, 0.3) is 0 Å². The number of carbonyl (C=O) groups is 1. The number of hydrogen-bond donors (Lipinski definition) is 1. The monoisotopic (exact) mass is 226 g/mol. The summed E-state index contributed by atoms with van der Waals surface area (Å²) < 4.78 is 5.00. The molecule has 1 aliphatic carbocycles. The van der Waals surface area contributed by atoms with Crippen molar-refractivity contribution in [2.75, 3.05) is 13.2 Å². The zero-order chi connectivity index (χ0) is 11.8. The predicted molar refractivity (Wildman–Crippen MR) is 62.9 cm³/mol. The molecule has 3 nitrogen and oxygen atoms in total. The van der Waals surface area contributed by atoms with Gasteiger partial charge < -0.3 is 9.84 Å². The molecule has 3 heteroatoms. The Morgan fingerprint density at radius 3 is 2.50 bits per heavy atom. The van der Waals surface area contributed by atoms with E-state index < -0.39 is 0 Å². The number of carbonyl (C=O) groups excluding carboxylic acids is 1. The summed E-state index contributed by atoms with van der Waals surface area (Å²) in [6, 6.07) is 0. The van der Waals surface area contributed by atoms with Crippen molar-refractivity contribution in [2.24, 2.45) is 11.8 Å². The molecular formula is C13H22O3. The first-order valence-electron chi connectivity index (χ1n) is 6.18. The van der Waals surface area contributed by atoms with Crippen molar-refractivity contribution in [3.63, 3.8) is 0 Å². The maximum Gasteiger partial charge on any atom is 0.330 e. The highest BCUT2D eigenvalue weighted by molar-refractivity contribution is 5.81. The van der Waals surface area contributed by atoms with Gasteiger partial charge in [-0.1, -0.05) is 32.3 Å². The second kappa shape index (κ2) is 7.44. The minimum absolute atomic E-state index is 0.271. The van der Waals surface area contributed by atoms with Crippen LogP contribution in [0.4, 0.5) is 0 Å². The normalized spacial score (nSPS) is 25.1. The van der Waals surface area contributed by atoms with Gasteiger partial charge in [-0.3, -0.25) is 0 Å². The molecule has 0 radical (unpaired) electrons. The molecule has 0 heterocycles. The van der Waals surface area contributed by atoms with Gasteiger partial charge in [-0.25, -0.2) is 4.79 Å². The van der Waals surface area contributed by atoms with Crippen LogP contribution < -0.4 is 0 Å². The number of aliphatic hydroxyl groups excluding tert-OH is 1. The second-order valence-corrected chi connectivity index (χ2v) is 4.48. The molecule has 0 aromatic carbocycles. The van der Waals surface area contributed by atoms with E-state index in [0.717, 1.165) is 12.8 Å². The van der Waals surface area contributed by atoms with Gasteiger partial charge in [0, 0.05) is 12.7 Å². The summed E-state index contributed by atoms with van der Waals surface area (Å²) >= 11 is 0. The van der Waals surface area contributed by atoms with Crippen LogP contribution in [0.2, 0.25) is 0 Å². The molecular weight excluding hydrogens is 204 g/mol. The Morgan fingerprint density at radius 2 is 1.94 bits per heavy atom. The van der Waals surface area contributed by atoms with Gasteiger partial charge in [0.2, 0.25) is 0 Å². The maximum atomic E-state index is 10.9. The summed E-state index contributed by atoms with van der Waals surface area (Å²) in [5, 5.41) is 8.99. The first-order chi connectivity index (χ1) is 7.77. The van der Waals surface area contributed by atoms with Crippen molar-refractivity contribution in [1.29, 1.82) is 0 Å². The van der Waals surface area contributed by atoms with Gasteiger partial charge in [0.15, 0.2) is 0 Å². The molecule has 0 amide bonds. The topological polar surface area (TPSA) is 46.5 Å². The molecule has 2 atom stereocenters. The van der Waals surface area contributed by atoms with Crippen LogP contribution in [0.3, 0.4) is 0 Å². The Hall–Kier alpha value is -0.830. The number of ether oxygens (including phenoxy) is 1. The molecule has 92 valence electrons. The fourth-order valence-electron chi connectivity index (χ4n) is 2.58.